The highest BCUT2D eigenvalue weighted by molar-refractivity contribution is 9.10. The normalized spacial score (nSPS) is 10.2. The summed E-state index contributed by atoms with van der Waals surface area (Å²) >= 11 is 9.28. The zero-order chi connectivity index (χ0) is 14.5. The van der Waals surface area contributed by atoms with Crippen molar-refractivity contribution in [3.8, 4) is 0 Å². The molecule has 0 aliphatic heterocycles. The van der Waals surface area contributed by atoms with Crippen LogP contribution in [-0.2, 0) is 4.79 Å². The molecule has 0 fully saturated rings. The zero-order valence-corrected chi connectivity index (χ0v) is 13.3. The Morgan fingerprint density at radius 2 is 1.90 bits per heavy atom. The summed E-state index contributed by atoms with van der Waals surface area (Å²) in [6.45, 7) is 2.16. The number of benzene rings is 2. The molecule has 0 bridgehead atoms. The fourth-order valence-corrected chi connectivity index (χ4v) is 2.14. The molecule has 0 aliphatic carbocycles. The van der Waals surface area contributed by atoms with Crippen LogP contribution >= 0.6 is 27.5 Å². The van der Waals surface area contributed by atoms with Gasteiger partial charge in [0.05, 0.1) is 6.54 Å². The van der Waals surface area contributed by atoms with Gasteiger partial charge in [0.25, 0.3) is 0 Å². The molecule has 2 aromatic rings. The van der Waals surface area contributed by atoms with Crippen LogP contribution in [0.5, 0.6) is 0 Å². The van der Waals surface area contributed by atoms with Crippen molar-refractivity contribution in [1.29, 1.82) is 0 Å². The Morgan fingerprint density at radius 3 is 2.60 bits per heavy atom. The van der Waals surface area contributed by atoms with Crippen molar-refractivity contribution < 1.29 is 4.79 Å². The molecule has 2 N–H and O–H groups in total. The topological polar surface area (TPSA) is 41.1 Å². The molecule has 0 aromatic heterocycles. The minimum absolute atomic E-state index is 0.105. The Kier molecular flexibility index (Phi) is 5.04. The fourth-order valence-electron chi connectivity index (χ4n) is 1.70. The van der Waals surface area contributed by atoms with Gasteiger partial charge in [0.1, 0.15) is 0 Å². The van der Waals surface area contributed by atoms with Gasteiger partial charge in [-0.2, -0.15) is 0 Å². The first-order chi connectivity index (χ1) is 9.54. The Balaban J connectivity index is 1.92. The number of hydrogen-bond donors (Lipinski definition) is 2. The predicted molar refractivity (Wildman–Crippen MR) is 87.5 cm³/mol. The van der Waals surface area contributed by atoms with E-state index in [2.05, 4.69) is 26.6 Å². The van der Waals surface area contributed by atoms with E-state index in [0.29, 0.717) is 5.02 Å². The maximum absolute atomic E-state index is 11.8. The first-order valence-electron chi connectivity index (χ1n) is 6.10. The third-order valence-electron chi connectivity index (χ3n) is 2.77. The number of aryl methyl sites for hydroxylation is 1. The smallest absolute Gasteiger partial charge is 0.243 e. The van der Waals surface area contributed by atoms with Crippen molar-refractivity contribution in [3.05, 3.63) is 57.5 Å². The molecule has 0 saturated heterocycles. The third-order valence-corrected chi connectivity index (χ3v) is 3.53. The number of carbonyl (C=O) groups excluding carboxylic acids is 1. The van der Waals surface area contributed by atoms with Crippen molar-refractivity contribution in [1.82, 2.24) is 0 Å². The molecule has 0 saturated carbocycles. The number of carbonyl (C=O) groups is 1. The summed E-state index contributed by atoms with van der Waals surface area (Å²) in [6.07, 6.45) is 0. The predicted octanol–water partition coefficient (Wildman–Crippen LogP) is 4.46. The lowest BCUT2D eigenvalue weighted by atomic mass is 10.2. The quantitative estimate of drug-likeness (QED) is 0.852. The van der Waals surface area contributed by atoms with Gasteiger partial charge >= 0.3 is 0 Å². The van der Waals surface area contributed by atoms with Crippen molar-refractivity contribution in [2.24, 2.45) is 0 Å². The number of rotatable bonds is 4. The van der Waals surface area contributed by atoms with Crippen molar-refractivity contribution in [3.63, 3.8) is 0 Å². The van der Waals surface area contributed by atoms with E-state index in [9.17, 15) is 4.79 Å². The Bertz CT molecular complexity index is 614. The summed E-state index contributed by atoms with van der Waals surface area (Å²) in [5, 5.41) is 6.54. The van der Waals surface area contributed by atoms with Gasteiger partial charge in [0.15, 0.2) is 0 Å². The second-order valence-electron chi connectivity index (χ2n) is 4.37. The van der Waals surface area contributed by atoms with E-state index in [1.807, 2.05) is 49.4 Å². The molecule has 0 unspecified atom stereocenters. The largest absolute Gasteiger partial charge is 0.376 e. The summed E-state index contributed by atoms with van der Waals surface area (Å²) < 4.78 is 0.975. The second kappa shape index (κ2) is 6.77. The molecule has 104 valence electrons. The molecular weight excluding hydrogens is 340 g/mol. The van der Waals surface area contributed by atoms with Gasteiger partial charge in [-0.05, 0) is 48.9 Å². The van der Waals surface area contributed by atoms with Gasteiger partial charge in [0.2, 0.25) is 5.91 Å². The van der Waals surface area contributed by atoms with Gasteiger partial charge < -0.3 is 10.6 Å². The molecule has 1 amide bonds. The number of anilines is 2. The second-order valence-corrected chi connectivity index (χ2v) is 5.72. The number of hydrogen-bond acceptors (Lipinski definition) is 2. The van der Waals surface area contributed by atoms with Crippen LogP contribution in [0.4, 0.5) is 11.4 Å². The monoisotopic (exact) mass is 352 g/mol. The number of amides is 1. The van der Waals surface area contributed by atoms with E-state index in [4.69, 9.17) is 11.6 Å². The standard InChI is InChI=1S/C15H14BrClN2O/c1-10-2-5-12(17)8-14(10)18-9-15(20)19-13-6-3-11(16)4-7-13/h2-8,18H,9H2,1H3,(H,19,20). The zero-order valence-electron chi connectivity index (χ0n) is 10.9. The van der Waals surface area contributed by atoms with E-state index in [1.54, 1.807) is 0 Å². The number of halogens is 2. The van der Waals surface area contributed by atoms with E-state index >= 15 is 0 Å². The first-order valence-corrected chi connectivity index (χ1v) is 7.27. The van der Waals surface area contributed by atoms with Gasteiger partial charge in [-0.3, -0.25) is 4.79 Å². The van der Waals surface area contributed by atoms with Gasteiger partial charge in [-0.25, -0.2) is 0 Å². The van der Waals surface area contributed by atoms with Crippen molar-refractivity contribution in [2.75, 3.05) is 17.2 Å². The average molecular weight is 354 g/mol. The molecule has 0 spiro atoms. The van der Waals surface area contributed by atoms with Crippen LogP contribution in [-0.4, -0.2) is 12.5 Å². The van der Waals surface area contributed by atoms with Crippen LogP contribution in [0.1, 0.15) is 5.56 Å². The molecule has 2 rings (SSSR count). The Labute approximate surface area is 131 Å². The van der Waals surface area contributed by atoms with Crippen molar-refractivity contribution in [2.45, 2.75) is 6.92 Å². The van der Waals surface area contributed by atoms with Gasteiger partial charge in [-0.1, -0.05) is 33.6 Å². The molecule has 20 heavy (non-hydrogen) atoms. The molecule has 0 heterocycles. The minimum Gasteiger partial charge on any atom is -0.376 e. The third kappa shape index (κ3) is 4.25. The van der Waals surface area contributed by atoms with Crippen LogP contribution in [0, 0.1) is 6.92 Å². The lowest BCUT2D eigenvalue weighted by molar-refractivity contribution is -0.114. The summed E-state index contributed by atoms with van der Waals surface area (Å²) in [7, 11) is 0. The Morgan fingerprint density at radius 1 is 1.20 bits per heavy atom. The maximum Gasteiger partial charge on any atom is 0.243 e. The summed E-state index contributed by atoms with van der Waals surface area (Å²) in [5.41, 5.74) is 2.68. The summed E-state index contributed by atoms with van der Waals surface area (Å²) in [5.74, 6) is -0.105. The molecule has 2 aromatic carbocycles. The molecule has 0 radical (unpaired) electrons. The lowest BCUT2D eigenvalue weighted by Gasteiger charge is -2.10. The van der Waals surface area contributed by atoms with Gasteiger partial charge in [-0.15, -0.1) is 0 Å². The molecule has 3 nitrogen and oxygen atoms in total. The van der Waals surface area contributed by atoms with Crippen LogP contribution in [0.25, 0.3) is 0 Å². The first kappa shape index (κ1) is 14.9. The van der Waals surface area contributed by atoms with Crippen molar-refractivity contribution >= 4 is 44.8 Å². The highest BCUT2D eigenvalue weighted by Gasteiger charge is 2.04. The van der Waals surface area contributed by atoms with Crippen LogP contribution in [0.3, 0.4) is 0 Å². The van der Waals surface area contributed by atoms with Crippen LogP contribution < -0.4 is 10.6 Å². The molecular formula is C15H14BrClN2O. The highest BCUT2D eigenvalue weighted by Crippen LogP contribution is 2.20. The van der Waals surface area contributed by atoms with E-state index < -0.39 is 0 Å². The number of nitrogens with one attached hydrogen (secondary N) is 2. The molecule has 0 aliphatic rings. The molecule has 0 atom stereocenters. The Hall–Kier alpha value is -1.52. The van der Waals surface area contributed by atoms with Gasteiger partial charge in [0, 0.05) is 20.9 Å². The van der Waals surface area contributed by atoms with E-state index in [1.165, 1.54) is 0 Å². The van der Waals surface area contributed by atoms with Crippen LogP contribution in [0.2, 0.25) is 5.02 Å². The molecule has 5 heteroatoms. The van der Waals surface area contributed by atoms with E-state index in [-0.39, 0.29) is 12.5 Å². The highest BCUT2D eigenvalue weighted by atomic mass is 79.9. The van der Waals surface area contributed by atoms with Crippen LogP contribution in [0.15, 0.2) is 46.9 Å². The fraction of sp³-hybridized carbons (Fsp3) is 0.133. The lowest BCUT2D eigenvalue weighted by Crippen LogP contribution is -2.22. The summed E-state index contributed by atoms with van der Waals surface area (Å²) in [6, 6.07) is 13.0. The maximum atomic E-state index is 11.8. The average Bonchev–Trinajstić information content (AvgIpc) is 2.42. The summed E-state index contributed by atoms with van der Waals surface area (Å²) in [4.78, 5) is 11.8. The minimum atomic E-state index is -0.105. The van der Waals surface area contributed by atoms with E-state index in [0.717, 1.165) is 21.4 Å². The SMILES string of the molecule is Cc1ccc(Cl)cc1NCC(=O)Nc1ccc(Br)cc1.